The quantitative estimate of drug-likeness (QED) is 0.705. The summed E-state index contributed by atoms with van der Waals surface area (Å²) in [4.78, 5) is 3.75. The van der Waals surface area contributed by atoms with Gasteiger partial charge in [0.15, 0.2) is 0 Å². The molecule has 0 radical (unpaired) electrons. The summed E-state index contributed by atoms with van der Waals surface area (Å²) in [6.45, 7) is 0. The topological polar surface area (TPSA) is 38.9 Å². The van der Waals surface area contributed by atoms with Crippen molar-refractivity contribution < 1.29 is 13.3 Å². The Labute approximate surface area is 105 Å². The van der Waals surface area contributed by atoms with Crippen molar-refractivity contribution in [1.29, 1.82) is 0 Å². The number of halogens is 4. The third kappa shape index (κ3) is 2.17. The van der Waals surface area contributed by atoms with E-state index in [4.69, 9.17) is 0 Å². The number of hydrogen-bond acceptors (Lipinski definition) is 3. The third-order valence-electron chi connectivity index (χ3n) is 1.62. The van der Waals surface area contributed by atoms with Crippen LogP contribution in [0.2, 0.25) is 0 Å². The largest absolute Gasteiger partial charge is 0.333 e. The normalized spacial score (nSPS) is 10.7. The highest BCUT2D eigenvalue weighted by atomic mass is 127. The van der Waals surface area contributed by atoms with E-state index in [1.807, 2.05) is 0 Å². The molecule has 0 atom stereocenters. The molecule has 2 rings (SSSR count). The van der Waals surface area contributed by atoms with Crippen LogP contribution in [-0.4, -0.2) is 10.1 Å². The van der Waals surface area contributed by atoms with Gasteiger partial charge in [0.2, 0.25) is 3.83 Å². The van der Waals surface area contributed by atoms with Gasteiger partial charge in [0.25, 0.3) is 5.89 Å². The van der Waals surface area contributed by atoms with Crippen LogP contribution in [0.5, 0.6) is 0 Å². The molecule has 0 unspecified atom stereocenters. The van der Waals surface area contributed by atoms with Crippen molar-refractivity contribution in [3.8, 4) is 11.5 Å². The maximum Gasteiger partial charge on any atom is 0.264 e. The SMILES string of the molecule is Fc1cc(Br)cc(F)c1-c1nc(I)no1. The van der Waals surface area contributed by atoms with Crippen LogP contribution < -0.4 is 0 Å². The van der Waals surface area contributed by atoms with Crippen LogP contribution in [0.1, 0.15) is 0 Å². The first-order chi connectivity index (χ1) is 7.08. The zero-order valence-electron chi connectivity index (χ0n) is 6.97. The van der Waals surface area contributed by atoms with Crippen molar-refractivity contribution in [2.24, 2.45) is 0 Å². The van der Waals surface area contributed by atoms with Crippen molar-refractivity contribution in [3.63, 3.8) is 0 Å². The maximum atomic E-state index is 13.4. The Morgan fingerprint density at radius 1 is 1.27 bits per heavy atom. The second kappa shape index (κ2) is 4.12. The van der Waals surface area contributed by atoms with E-state index < -0.39 is 11.6 Å². The van der Waals surface area contributed by atoms with E-state index in [2.05, 4.69) is 30.6 Å². The van der Waals surface area contributed by atoms with Gasteiger partial charge in [-0.15, -0.1) is 0 Å². The molecule has 0 saturated carbocycles. The fraction of sp³-hybridized carbons (Fsp3) is 0. The molecule has 1 heterocycles. The average Bonchev–Trinajstić information content (AvgIpc) is 2.49. The predicted molar refractivity (Wildman–Crippen MR) is 60.1 cm³/mol. The van der Waals surface area contributed by atoms with Crippen molar-refractivity contribution in [1.82, 2.24) is 10.1 Å². The van der Waals surface area contributed by atoms with E-state index in [-0.39, 0.29) is 11.5 Å². The van der Waals surface area contributed by atoms with Gasteiger partial charge in [-0.2, -0.15) is 4.98 Å². The molecule has 7 heteroatoms. The minimum absolute atomic E-state index is 0.165. The van der Waals surface area contributed by atoms with Gasteiger partial charge in [-0.25, -0.2) is 8.78 Å². The number of hydrogen-bond donors (Lipinski definition) is 0. The number of nitrogens with zero attached hydrogens (tertiary/aromatic N) is 2. The lowest BCUT2D eigenvalue weighted by Gasteiger charge is -1.99. The number of rotatable bonds is 1. The standard InChI is InChI=1S/C8H2BrF2IN2O/c9-3-1-4(10)6(5(11)2-3)7-13-8(12)14-15-7/h1-2H. The van der Waals surface area contributed by atoms with Gasteiger partial charge in [0.05, 0.1) is 0 Å². The van der Waals surface area contributed by atoms with Crippen LogP contribution in [0.25, 0.3) is 11.5 Å². The Bertz CT molecular complexity index is 494. The van der Waals surface area contributed by atoms with Crippen molar-refractivity contribution in [3.05, 3.63) is 32.1 Å². The molecule has 0 saturated heterocycles. The van der Waals surface area contributed by atoms with E-state index in [9.17, 15) is 8.78 Å². The zero-order chi connectivity index (χ0) is 11.0. The van der Waals surface area contributed by atoms with Gasteiger partial charge >= 0.3 is 0 Å². The smallest absolute Gasteiger partial charge is 0.264 e. The lowest BCUT2D eigenvalue weighted by molar-refractivity contribution is 0.420. The number of benzene rings is 1. The first kappa shape index (κ1) is 10.9. The average molecular weight is 387 g/mol. The summed E-state index contributed by atoms with van der Waals surface area (Å²) >= 11 is 4.76. The summed E-state index contributed by atoms with van der Waals surface area (Å²) in [5.41, 5.74) is -0.311. The van der Waals surface area contributed by atoms with Crippen LogP contribution in [0.15, 0.2) is 21.1 Å². The maximum absolute atomic E-state index is 13.4. The van der Waals surface area contributed by atoms with Gasteiger partial charge in [-0.1, -0.05) is 21.1 Å². The minimum atomic E-state index is -0.748. The molecule has 1 aromatic carbocycles. The summed E-state index contributed by atoms with van der Waals surface area (Å²) in [5, 5.41) is 3.45. The molecule has 0 spiro atoms. The highest BCUT2D eigenvalue weighted by Gasteiger charge is 2.18. The molecule has 0 bridgehead atoms. The summed E-state index contributed by atoms with van der Waals surface area (Å²) < 4.78 is 32.1. The monoisotopic (exact) mass is 386 g/mol. The lowest BCUT2D eigenvalue weighted by Crippen LogP contribution is -1.90. The molecule has 15 heavy (non-hydrogen) atoms. The van der Waals surface area contributed by atoms with E-state index >= 15 is 0 Å². The second-order valence-corrected chi connectivity index (χ2v) is 4.49. The summed E-state index contributed by atoms with van der Waals surface area (Å²) in [5.74, 6) is -1.66. The van der Waals surface area contributed by atoms with E-state index in [1.165, 1.54) is 0 Å². The van der Waals surface area contributed by atoms with Gasteiger partial charge in [-0.3, -0.25) is 0 Å². The fourth-order valence-electron chi connectivity index (χ4n) is 1.05. The molecule has 2 aromatic rings. The Balaban J connectivity index is 2.62. The number of aromatic nitrogens is 2. The Morgan fingerprint density at radius 2 is 1.87 bits per heavy atom. The third-order valence-corrected chi connectivity index (χ3v) is 2.52. The highest BCUT2D eigenvalue weighted by molar-refractivity contribution is 14.1. The Hall–Kier alpha value is -0.570. The summed E-state index contributed by atoms with van der Waals surface area (Å²) in [6, 6.07) is 2.27. The molecule has 0 aliphatic carbocycles. The van der Waals surface area contributed by atoms with Crippen molar-refractivity contribution in [2.45, 2.75) is 0 Å². The molecular weight excluding hydrogens is 385 g/mol. The summed E-state index contributed by atoms with van der Waals surface area (Å²) in [6.07, 6.45) is 0. The molecule has 1 aromatic heterocycles. The molecule has 0 aliphatic rings. The first-order valence-electron chi connectivity index (χ1n) is 3.72. The van der Waals surface area contributed by atoms with Gasteiger partial charge < -0.3 is 4.52 Å². The van der Waals surface area contributed by atoms with E-state index in [0.717, 1.165) is 12.1 Å². The van der Waals surface area contributed by atoms with Crippen LogP contribution >= 0.6 is 38.5 Å². The van der Waals surface area contributed by atoms with Gasteiger partial charge in [-0.05, 0) is 12.1 Å². The molecule has 0 amide bonds. The van der Waals surface area contributed by atoms with Crippen LogP contribution in [0.4, 0.5) is 8.78 Å². The molecule has 78 valence electrons. The van der Waals surface area contributed by atoms with Crippen LogP contribution in [0, 0.1) is 15.5 Å². The summed E-state index contributed by atoms with van der Waals surface area (Å²) in [7, 11) is 0. The first-order valence-corrected chi connectivity index (χ1v) is 5.59. The van der Waals surface area contributed by atoms with Gasteiger partial charge in [0, 0.05) is 27.1 Å². The van der Waals surface area contributed by atoms with E-state index in [1.54, 1.807) is 22.6 Å². The highest BCUT2D eigenvalue weighted by Crippen LogP contribution is 2.27. The van der Waals surface area contributed by atoms with Crippen LogP contribution in [0.3, 0.4) is 0 Å². The predicted octanol–water partition coefficient (Wildman–Crippen LogP) is 3.38. The van der Waals surface area contributed by atoms with Gasteiger partial charge in [0.1, 0.15) is 17.2 Å². The van der Waals surface area contributed by atoms with E-state index in [0.29, 0.717) is 8.30 Å². The molecule has 0 aliphatic heterocycles. The van der Waals surface area contributed by atoms with Crippen LogP contribution in [-0.2, 0) is 0 Å². The van der Waals surface area contributed by atoms with Crippen molar-refractivity contribution in [2.75, 3.05) is 0 Å². The lowest BCUT2D eigenvalue weighted by atomic mass is 10.2. The fourth-order valence-corrected chi connectivity index (χ4v) is 1.77. The zero-order valence-corrected chi connectivity index (χ0v) is 10.7. The molecular formula is C8H2BrF2IN2O. The Kier molecular flexibility index (Phi) is 3.01. The Morgan fingerprint density at radius 3 is 2.33 bits per heavy atom. The second-order valence-electron chi connectivity index (χ2n) is 2.61. The molecule has 3 nitrogen and oxygen atoms in total. The molecule has 0 fully saturated rings. The molecule has 0 N–H and O–H groups in total. The van der Waals surface area contributed by atoms with Crippen molar-refractivity contribution >= 4 is 38.5 Å². The minimum Gasteiger partial charge on any atom is -0.333 e.